The summed E-state index contributed by atoms with van der Waals surface area (Å²) in [4.78, 5) is 10.3. The number of hydrogen-bond donors (Lipinski definition) is 1. The first-order valence-corrected chi connectivity index (χ1v) is 6.06. The lowest BCUT2D eigenvalue weighted by Gasteiger charge is -2.23. The predicted octanol–water partition coefficient (Wildman–Crippen LogP) is 2.00. The maximum atomic E-state index is 9.31. The number of rotatable bonds is 2. The van der Waals surface area contributed by atoms with Gasteiger partial charge < -0.3 is 10.0 Å². The molecule has 1 N–H and O–H groups in total. The number of nitrogens with zero attached hydrogens (tertiary/aromatic N) is 3. The zero-order valence-electron chi connectivity index (χ0n) is 9.19. The molecule has 1 saturated heterocycles. The van der Waals surface area contributed by atoms with Crippen molar-refractivity contribution in [2.45, 2.75) is 32.3 Å². The average molecular weight is 242 g/mol. The maximum absolute atomic E-state index is 9.31. The van der Waals surface area contributed by atoms with Crippen LogP contribution in [-0.4, -0.2) is 28.2 Å². The van der Waals surface area contributed by atoms with E-state index in [2.05, 4.69) is 14.9 Å². The third-order valence-corrected chi connectivity index (χ3v) is 3.26. The Morgan fingerprint density at radius 1 is 1.19 bits per heavy atom. The van der Waals surface area contributed by atoms with Gasteiger partial charge in [0, 0.05) is 13.1 Å². The van der Waals surface area contributed by atoms with Gasteiger partial charge in [0.15, 0.2) is 0 Å². The summed E-state index contributed by atoms with van der Waals surface area (Å²) < 4.78 is 0. The fourth-order valence-electron chi connectivity index (χ4n) is 2.07. The van der Waals surface area contributed by atoms with Crippen molar-refractivity contribution in [2.24, 2.45) is 0 Å². The summed E-state index contributed by atoms with van der Waals surface area (Å²) in [6.45, 7) is 1.87. The molecule has 0 radical (unpaired) electrons. The molecule has 0 aromatic carbocycles. The highest BCUT2D eigenvalue weighted by Gasteiger charge is 2.16. The zero-order valence-corrected chi connectivity index (χ0v) is 9.95. The van der Waals surface area contributed by atoms with Gasteiger partial charge in [-0.2, -0.15) is 0 Å². The second kappa shape index (κ2) is 5.46. The minimum absolute atomic E-state index is 0.106. The van der Waals surface area contributed by atoms with E-state index >= 15 is 0 Å². The van der Waals surface area contributed by atoms with Crippen molar-refractivity contribution in [2.75, 3.05) is 18.0 Å². The number of aromatic nitrogens is 2. The van der Waals surface area contributed by atoms with Crippen LogP contribution in [0.4, 0.5) is 5.82 Å². The van der Waals surface area contributed by atoms with Crippen LogP contribution >= 0.6 is 11.6 Å². The van der Waals surface area contributed by atoms with Gasteiger partial charge >= 0.3 is 0 Å². The molecule has 4 nitrogen and oxygen atoms in total. The van der Waals surface area contributed by atoms with Crippen molar-refractivity contribution in [1.29, 1.82) is 0 Å². The van der Waals surface area contributed by atoms with Crippen molar-refractivity contribution in [1.82, 2.24) is 9.97 Å². The van der Waals surface area contributed by atoms with Gasteiger partial charge in [-0.1, -0.05) is 24.4 Å². The monoisotopic (exact) mass is 241 g/mol. The fourth-order valence-corrected chi connectivity index (χ4v) is 2.26. The molecule has 0 bridgehead atoms. The summed E-state index contributed by atoms with van der Waals surface area (Å²) in [6.07, 6.45) is 6.34. The quantitative estimate of drug-likeness (QED) is 0.805. The van der Waals surface area contributed by atoms with E-state index in [1.54, 1.807) is 0 Å². The van der Waals surface area contributed by atoms with E-state index in [0.717, 1.165) is 18.9 Å². The largest absolute Gasteiger partial charge is 0.391 e. The van der Waals surface area contributed by atoms with E-state index in [1.807, 2.05) is 0 Å². The Balaban J connectivity index is 2.27. The maximum Gasteiger partial charge on any atom is 0.140 e. The van der Waals surface area contributed by atoms with Crippen LogP contribution in [0.5, 0.6) is 0 Å². The Hall–Kier alpha value is -0.870. The van der Waals surface area contributed by atoms with E-state index < -0.39 is 0 Å². The van der Waals surface area contributed by atoms with Gasteiger partial charge in [-0.15, -0.1) is 0 Å². The molecule has 0 spiro atoms. The Bertz CT molecular complexity index is 351. The molecule has 0 aliphatic carbocycles. The molecule has 1 aromatic rings. The van der Waals surface area contributed by atoms with Crippen LogP contribution in [0.3, 0.4) is 0 Å². The standard InChI is InChI=1S/C11H16ClN3O/c12-10-9(7-16)11(14-8-13-10)15-5-3-1-2-4-6-15/h8,16H,1-7H2. The molecule has 1 aliphatic heterocycles. The first-order chi connectivity index (χ1) is 7.83. The van der Waals surface area contributed by atoms with E-state index in [-0.39, 0.29) is 6.61 Å². The highest BCUT2D eigenvalue weighted by atomic mass is 35.5. The Morgan fingerprint density at radius 3 is 2.50 bits per heavy atom. The van der Waals surface area contributed by atoms with Crippen molar-refractivity contribution in [3.05, 3.63) is 17.0 Å². The minimum atomic E-state index is -0.106. The summed E-state index contributed by atoms with van der Waals surface area (Å²) in [7, 11) is 0. The fraction of sp³-hybridized carbons (Fsp3) is 0.636. The third-order valence-electron chi connectivity index (χ3n) is 2.93. The van der Waals surface area contributed by atoms with E-state index in [4.69, 9.17) is 11.6 Å². The van der Waals surface area contributed by atoms with Crippen LogP contribution in [0.25, 0.3) is 0 Å². The Kier molecular flexibility index (Phi) is 3.96. The van der Waals surface area contributed by atoms with Gasteiger partial charge in [0.05, 0.1) is 12.2 Å². The number of hydrogen-bond acceptors (Lipinski definition) is 4. The van der Waals surface area contributed by atoms with Crippen LogP contribution in [0, 0.1) is 0 Å². The van der Waals surface area contributed by atoms with Crippen LogP contribution < -0.4 is 4.90 Å². The molecular formula is C11H16ClN3O. The molecule has 16 heavy (non-hydrogen) atoms. The second-order valence-electron chi connectivity index (χ2n) is 4.03. The third kappa shape index (κ3) is 2.44. The lowest BCUT2D eigenvalue weighted by atomic mass is 10.2. The molecule has 1 fully saturated rings. The second-order valence-corrected chi connectivity index (χ2v) is 4.38. The molecule has 0 amide bonds. The molecule has 1 aliphatic rings. The molecular weight excluding hydrogens is 226 g/mol. The van der Waals surface area contributed by atoms with E-state index in [1.165, 1.54) is 32.0 Å². The highest BCUT2D eigenvalue weighted by molar-refractivity contribution is 6.30. The molecule has 2 rings (SSSR count). The van der Waals surface area contributed by atoms with E-state index in [9.17, 15) is 5.11 Å². The number of halogens is 1. The number of aliphatic hydroxyl groups is 1. The lowest BCUT2D eigenvalue weighted by Crippen LogP contribution is -2.26. The van der Waals surface area contributed by atoms with Crippen molar-refractivity contribution < 1.29 is 5.11 Å². The molecule has 2 heterocycles. The van der Waals surface area contributed by atoms with Gasteiger partial charge in [-0.05, 0) is 12.8 Å². The van der Waals surface area contributed by atoms with Crippen LogP contribution in [0.15, 0.2) is 6.33 Å². The minimum Gasteiger partial charge on any atom is -0.391 e. The van der Waals surface area contributed by atoms with Crippen LogP contribution in [0.1, 0.15) is 31.2 Å². The topological polar surface area (TPSA) is 49.3 Å². The lowest BCUT2D eigenvalue weighted by molar-refractivity contribution is 0.281. The first kappa shape index (κ1) is 11.6. The Morgan fingerprint density at radius 2 is 1.88 bits per heavy atom. The molecule has 0 saturated carbocycles. The number of aliphatic hydroxyl groups excluding tert-OH is 1. The summed E-state index contributed by atoms with van der Waals surface area (Å²) in [6, 6.07) is 0. The zero-order chi connectivity index (χ0) is 11.4. The van der Waals surface area contributed by atoms with Gasteiger partial charge in [0.25, 0.3) is 0 Å². The summed E-state index contributed by atoms with van der Waals surface area (Å²) in [5.41, 5.74) is 0.645. The van der Waals surface area contributed by atoms with E-state index in [0.29, 0.717) is 10.7 Å². The van der Waals surface area contributed by atoms with Crippen molar-refractivity contribution in [3.8, 4) is 0 Å². The van der Waals surface area contributed by atoms with Gasteiger partial charge in [-0.25, -0.2) is 9.97 Å². The number of anilines is 1. The average Bonchev–Trinajstić information content (AvgIpc) is 2.57. The van der Waals surface area contributed by atoms with Crippen LogP contribution in [-0.2, 0) is 6.61 Å². The summed E-state index contributed by atoms with van der Waals surface area (Å²) in [5, 5.41) is 9.67. The molecule has 0 unspecified atom stereocenters. The molecule has 0 atom stereocenters. The Labute approximate surface area is 100 Å². The van der Waals surface area contributed by atoms with Crippen molar-refractivity contribution in [3.63, 3.8) is 0 Å². The smallest absolute Gasteiger partial charge is 0.140 e. The normalized spacial score (nSPS) is 17.2. The predicted molar refractivity (Wildman–Crippen MR) is 63.6 cm³/mol. The van der Waals surface area contributed by atoms with Crippen LogP contribution in [0.2, 0.25) is 5.15 Å². The highest BCUT2D eigenvalue weighted by Crippen LogP contribution is 2.25. The van der Waals surface area contributed by atoms with Crippen molar-refractivity contribution >= 4 is 17.4 Å². The summed E-state index contributed by atoms with van der Waals surface area (Å²) >= 11 is 5.95. The molecule has 88 valence electrons. The first-order valence-electron chi connectivity index (χ1n) is 5.68. The summed E-state index contributed by atoms with van der Waals surface area (Å²) in [5.74, 6) is 0.796. The van der Waals surface area contributed by atoms with Gasteiger partial charge in [0.1, 0.15) is 17.3 Å². The SMILES string of the molecule is OCc1c(Cl)ncnc1N1CCCCCC1. The molecule has 5 heteroatoms. The molecule has 1 aromatic heterocycles. The van der Waals surface area contributed by atoms with Gasteiger partial charge in [-0.3, -0.25) is 0 Å². The van der Waals surface area contributed by atoms with Gasteiger partial charge in [0.2, 0.25) is 0 Å².